The molecule has 1 unspecified atom stereocenters. The van der Waals surface area contributed by atoms with Gasteiger partial charge >= 0.3 is 0 Å². The summed E-state index contributed by atoms with van der Waals surface area (Å²) in [5, 5.41) is 5.92. The summed E-state index contributed by atoms with van der Waals surface area (Å²) in [6, 6.07) is 13.9. The smallest absolute Gasteiger partial charge is 0.0317 e. The summed E-state index contributed by atoms with van der Waals surface area (Å²) in [6.45, 7) is 10.1. The molecule has 114 valence electrons. The number of hydrogen-bond acceptors (Lipinski definition) is 2. The molecule has 2 heteroatoms. The van der Waals surface area contributed by atoms with Crippen LogP contribution in [0.5, 0.6) is 0 Å². The minimum Gasteiger partial charge on any atom is -0.309 e. The van der Waals surface area contributed by atoms with E-state index < -0.39 is 0 Å². The van der Waals surface area contributed by atoms with Crippen molar-refractivity contribution in [2.24, 2.45) is 0 Å². The van der Waals surface area contributed by atoms with Gasteiger partial charge in [-0.25, -0.2) is 0 Å². The van der Waals surface area contributed by atoms with Crippen molar-refractivity contribution in [2.45, 2.75) is 52.0 Å². The van der Waals surface area contributed by atoms with E-state index in [0.29, 0.717) is 6.04 Å². The number of hydrogen-bond donors (Lipinski definition) is 1. The van der Waals surface area contributed by atoms with Gasteiger partial charge in [-0.1, -0.05) is 58.0 Å². The highest BCUT2D eigenvalue weighted by molar-refractivity contribution is 7.10. The molecule has 0 bridgehead atoms. The predicted molar refractivity (Wildman–Crippen MR) is 94.2 cm³/mol. The zero-order valence-corrected chi connectivity index (χ0v) is 14.5. The lowest BCUT2D eigenvalue weighted by Gasteiger charge is -2.27. The first-order valence-corrected chi connectivity index (χ1v) is 8.81. The largest absolute Gasteiger partial charge is 0.309 e. The first-order chi connectivity index (χ1) is 10.1. The van der Waals surface area contributed by atoms with Crippen LogP contribution in [0.2, 0.25) is 0 Å². The Hall–Kier alpha value is -1.12. The molecule has 1 nitrogen and oxygen atoms in total. The highest BCUT2D eigenvalue weighted by Gasteiger charge is 2.23. The van der Waals surface area contributed by atoms with E-state index in [1.807, 2.05) is 11.3 Å². The molecule has 1 aromatic carbocycles. The lowest BCUT2D eigenvalue weighted by molar-refractivity contribution is 0.421. The molecule has 21 heavy (non-hydrogen) atoms. The van der Waals surface area contributed by atoms with Gasteiger partial charge in [-0.2, -0.15) is 0 Å². The Balaban J connectivity index is 2.02. The van der Waals surface area contributed by atoms with Crippen LogP contribution < -0.4 is 5.32 Å². The first-order valence-electron chi connectivity index (χ1n) is 7.93. The molecule has 2 rings (SSSR count). The van der Waals surface area contributed by atoms with E-state index >= 15 is 0 Å². The van der Waals surface area contributed by atoms with Gasteiger partial charge in [0.1, 0.15) is 0 Å². The average molecular weight is 301 g/mol. The molecule has 1 heterocycles. The molecule has 0 saturated heterocycles. The van der Waals surface area contributed by atoms with Crippen LogP contribution in [-0.2, 0) is 11.8 Å². The number of nitrogens with one attached hydrogen (secondary N) is 1. The lowest BCUT2D eigenvalue weighted by Crippen LogP contribution is -2.34. The van der Waals surface area contributed by atoms with Crippen molar-refractivity contribution < 1.29 is 0 Å². The summed E-state index contributed by atoms with van der Waals surface area (Å²) in [5.74, 6) is 0. The van der Waals surface area contributed by atoms with Gasteiger partial charge in [-0.3, -0.25) is 0 Å². The number of benzene rings is 1. The van der Waals surface area contributed by atoms with E-state index in [-0.39, 0.29) is 5.41 Å². The molecule has 0 spiro atoms. The maximum atomic E-state index is 3.76. The monoisotopic (exact) mass is 301 g/mol. The average Bonchev–Trinajstić information content (AvgIpc) is 3.03. The lowest BCUT2D eigenvalue weighted by atomic mass is 9.90. The summed E-state index contributed by atoms with van der Waals surface area (Å²) < 4.78 is 0. The second-order valence-corrected chi connectivity index (χ2v) is 7.25. The van der Waals surface area contributed by atoms with Crippen LogP contribution in [0.3, 0.4) is 0 Å². The normalized spacial score (nSPS) is 13.3. The van der Waals surface area contributed by atoms with E-state index in [2.05, 4.69) is 74.8 Å². The Kier molecular flexibility index (Phi) is 5.60. The second kappa shape index (κ2) is 7.24. The molecule has 1 N–H and O–H groups in total. The predicted octanol–water partition coefficient (Wildman–Crippen LogP) is 5.33. The Labute approximate surface area is 133 Å². The molecule has 1 aromatic heterocycles. The third-order valence-corrected chi connectivity index (χ3v) is 5.41. The third kappa shape index (κ3) is 4.18. The van der Waals surface area contributed by atoms with E-state index in [1.165, 1.54) is 16.0 Å². The van der Waals surface area contributed by atoms with Crippen LogP contribution in [-0.4, -0.2) is 6.54 Å². The SMILES string of the molecule is CCc1ccc(C(CC)NCC(C)(C)c2cccs2)cc1. The fourth-order valence-corrected chi connectivity index (χ4v) is 3.46. The Morgan fingerprint density at radius 1 is 1.10 bits per heavy atom. The van der Waals surface area contributed by atoms with Gasteiger partial charge in [0.15, 0.2) is 0 Å². The van der Waals surface area contributed by atoms with Crippen molar-refractivity contribution in [2.75, 3.05) is 6.54 Å². The van der Waals surface area contributed by atoms with Crippen molar-refractivity contribution in [3.63, 3.8) is 0 Å². The molecule has 1 atom stereocenters. The van der Waals surface area contributed by atoms with Gasteiger partial charge in [0.05, 0.1) is 0 Å². The zero-order valence-electron chi connectivity index (χ0n) is 13.6. The molecular formula is C19H27NS. The van der Waals surface area contributed by atoms with Crippen LogP contribution in [0.4, 0.5) is 0 Å². The molecule has 2 aromatic rings. The van der Waals surface area contributed by atoms with Crippen LogP contribution in [0.25, 0.3) is 0 Å². The summed E-state index contributed by atoms with van der Waals surface area (Å²) in [5.41, 5.74) is 2.99. The molecule has 0 aliphatic rings. The van der Waals surface area contributed by atoms with Crippen LogP contribution in [0.1, 0.15) is 56.2 Å². The van der Waals surface area contributed by atoms with E-state index in [4.69, 9.17) is 0 Å². The van der Waals surface area contributed by atoms with Gasteiger partial charge in [0.25, 0.3) is 0 Å². The first kappa shape index (κ1) is 16.3. The molecule has 0 aliphatic heterocycles. The quantitative estimate of drug-likeness (QED) is 0.729. The molecule has 0 radical (unpaired) electrons. The zero-order chi connectivity index (χ0) is 15.3. The summed E-state index contributed by atoms with van der Waals surface area (Å²) in [7, 11) is 0. The minimum absolute atomic E-state index is 0.185. The van der Waals surface area contributed by atoms with E-state index in [0.717, 1.165) is 19.4 Å². The summed E-state index contributed by atoms with van der Waals surface area (Å²) in [6.07, 6.45) is 2.22. The van der Waals surface area contributed by atoms with Crippen LogP contribution in [0, 0.1) is 0 Å². The summed E-state index contributed by atoms with van der Waals surface area (Å²) in [4.78, 5) is 1.45. The van der Waals surface area contributed by atoms with Crippen molar-refractivity contribution in [3.8, 4) is 0 Å². The van der Waals surface area contributed by atoms with Gasteiger partial charge in [0.2, 0.25) is 0 Å². The fourth-order valence-electron chi connectivity index (χ4n) is 2.61. The minimum atomic E-state index is 0.185. The van der Waals surface area contributed by atoms with E-state index in [9.17, 15) is 0 Å². The van der Waals surface area contributed by atoms with Gasteiger partial charge in [-0.05, 0) is 35.4 Å². The van der Waals surface area contributed by atoms with Crippen molar-refractivity contribution >= 4 is 11.3 Å². The van der Waals surface area contributed by atoms with Gasteiger partial charge in [0, 0.05) is 22.9 Å². The molecule has 0 amide bonds. The third-order valence-electron chi connectivity index (χ3n) is 4.18. The Morgan fingerprint density at radius 2 is 1.81 bits per heavy atom. The Morgan fingerprint density at radius 3 is 2.33 bits per heavy atom. The second-order valence-electron chi connectivity index (χ2n) is 6.30. The van der Waals surface area contributed by atoms with Crippen molar-refractivity contribution in [1.29, 1.82) is 0 Å². The fraction of sp³-hybridized carbons (Fsp3) is 0.474. The number of rotatable bonds is 7. The maximum absolute atomic E-state index is 3.76. The number of thiophene rings is 1. The standard InChI is InChI=1S/C19H27NS/c1-5-15-9-11-16(12-10-15)17(6-2)20-14-19(3,4)18-8-7-13-21-18/h7-13,17,20H,5-6,14H2,1-4H3. The Bertz CT molecular complexity index is 525. The van der Waals surface area contributed by atoms with Crippen LogP contribution >= 0.6 is 11.3 Å². The van der Waals surface area contributed by atoms with Crippen LogP contribution in [0.15, 0.2) is 41.8 Å². The highest BCUT2D eigenvalue weighted by Crippen LogP contribution is 2.28. The van der Waals surface area contributed by atoms with Crippen molar-refractivity contribution in [1.82, 2.24) is 5.32 Å². The molecule has 0 fully saturated rings. The van der Waals surface area contributed by atoms with Gasteiger partial charge < -0.3 is 5.32 Å². The molecule has 0 saturated carbocycles. The highest BCUT2D eigenvalue weighted by atomic mass is 32.1. The molecular weight excluding hydrogens is 274 g/mol. The number of aryl methyl sites for hydroxylation is 1. The summed E-state index contributed by atoms with van der Waals surface area (Å²) >= 11 is 1.85. The van der Waals surface area contributed by atoms with Gasteiger partial charge in [-0.15, -0.1) is 11.3 Å². The van der Waals surface area contributed by atoms with Crippen molar-refractivity contribution in [3.05, 3.63) is 57.8 Å². The maximum Gasteiger partial charge on any atom is 0.0317 e. The molecule has 0 aliphatic carbocycles. The topological polar surface area (TPSA) is 12.0 Å². The van der Waals surface area contributed by atoms with E-state index in [1.54, 1.807) is 0 Å².